The Morgan fingerprint density at radius 1 is 1.21 bits per heavy atom. The van der Waals surface area contributed by atoms with Gasteiger partial charge in [0.2, 0.25) is 5.91 Å². The molecule has 8 heteroatoms. The van der Waals surface area contributed by atoms with Gasteiger partial charge in [-0.05, 0) is 24.6 Å². The van der Waals surface area contributed by atoms with Crippen LogP contribution in [0.3, 0.4) is 0 Å². The highest BCUT2D eigenvalue weighted by atomic mass is 16.5. The third-order valence-electron chi connectivity index (χ3n) is 4.99. The summed E-state index contributed by atoms with van der Waals surface area (Å²) in [7, 11) is 1.56. The average Bonchev–Trinajstić information content (AvgIpc) is 3.22. The van der Waals surface area contributed by atoms with Gasteiger partial charge < -0.3 is 14.5 Å². The Bertz CT molecular complexity index is 1110. The summed E-state index contributed by atoms with van der Waals surface area (Å²) in [6.07, 6.45) is 1.42. The molecular weight excluding hydrogens is 374 g/mol. The Balaban J connectivity index is 1.50. The second-order valence-electron chi connectivity index (χ2n) is 6.90. The van der Waals surface area contributed by atoms with Gasteiger partial charge in [0.15, 0.2) is 0 Å². The summed E-state index contributed by atoms with van der Waals surface area (Å²) in [5, 5.41) is 4.12. The standard InChI is InChI=1S/C21H19N3O5/c1-21(14-6-4-3-5-7-14)19(26)24(20(27)22-21)23-18(25)10-13-12-29-17-11-15(28-2)8-9-16(13)17/h3-9,11-12H,10H2,1-2H3,(H,22,27)(H,23,25)/t21-/m1/s1. The molecule has 1 aliphatic rings. The highest BCUT2D eigenvalue weighted by Crippen LogP contribution is 2.28. The van der Waals surface area contributed by atoms with E-state index in [1.165, 1.54) is 6.26 Å². The Morgan fingerprint density at radius 2 is 1.97 bits per heavy atom. The largest absolute Gasteiger partial charge is 0.497 e. The van der Waals surface area contributed by atoms with Crippen molar-refractivity contribution < 1.29 is 23.5 Å². The van der Waals surface area contributed by atoms with Crippen LogP contribution in [-0.2, 0) is 21.5 Å². The van der Waals surface area contributed by atoms with E-state index in [1.54, 1.807) is 56.5 Å². The van der Waals surface area contributed by atoms with Gasteiger partial charge in [0.05, 0.1) is 19.8 Å². The lowest BCUT2D eigenvalue weighted by molar-refractivity contribution is -0.138. The highest BCUT2D eigenvalue weighted by molar-refractivity contribution is 6.08. The van der Waals surface area contributed by atoms with Crippen LogP contribution in [0.5, 0.6) is 5.75 Å². The number of furan rings is 1. The summed E-state index contributed by atoms with van der Waals surface area (Å²) < 4.78 is 10.6. The molecule has 1 aliphatic heterocycles. The predicted molar refractivity (Wildman–Crippen MR) is 104 cm³/mol. The lowest BCUT2D eigenvalue weighted by Gasteiger charge is -2.22. The number of urea groups is 1. The number of rotatable bonds is 5. The number of carbonyl (C=O) groups is 3. The Labute approximate surface area is 166 Å². The molecule has 148 valence electrons. The van der Waals surface area contributed by atoms with E-state index >= 15 is 0 Å². The van der Waals surface area contributed by atoms with Crippen molar-refractivity contribution in [2.45, 2.75) is 18.9 Å². The fourth-order valence-corrected chi connectivity index (χ4v) is 3.37. The van der Waals surface area contributed by atoms with Gasteiger partial charge in [-0.3, -0.25) is 15.0 Å². The van der Waals surface area contributed by atoms with E-state index in [2.05, 4.69) is 10.7 Å². The molecule has 2 aromatic carbocycles. The minimum absolute atomic E-state index is 0.0571. The Kier molecular flexibility index (Phi) is 4.46. The van der Waals surface area contributed by atoms with Crippen LogP contribution in [0.1, 0.15) is 18.1 Å². The van der Waals surface area contributed by atoms with Crippen LogP contribution in [0.4, 0.5) is 4.79 Å². The van der Waals surface area contributed by atoms with Crippen LogP contribution in [0.15, 0.2) is 59.2 Å². The molecule has 1 saturated heterocycles. The summed E-state index contributed by atoms with van der Waals surface area (Å²) in [6.45, 7) is 1.60. The van der Waals surface area contributed by atoms with E-state index in [-0.39, 0.29) is 6.42 Å². The molecule has 1 atom stereocenters. The lowest BCUT2D eigenvalue weighted by atomic mass is 9.92. The van der Waals surface area contributed by atoms with Gasteiger partial charge in [-0.2, -0.15) is 5.01 Å². The fourth-order valence-electron chi connectivity index (χ4n) is 3.37. The first kappa shape index (κ1) is 18.5. The van der Waals surface area contributed by atoms with Crippen LogP contribution in [-0.4, -0.2) is 30.0 Å². The van der Waals surface area contributed by atoms with Gasteiger partial charge in [-0.25, -0.2) is 4.79 Å². The van der Waals surface area contributed by atoms with Gasteiger partial charge in [0, 0.05) is 17.0 Å². The van der Waals surface area contributed by atoms with Gasteiger partial charge in [0.25, 0.3) is 5.91 Å². The molecule has 4 amide bonds. The zero-order valence-electron chi connectivity index (χ0n) is 15.9. The fraction of sp³-hybridized carbons (Fsp3) is 0.190. The van der Waals surface area contributed by atoms with E-state index in [0.717, 1.165) is 10.4 Å². The monoisotopic (exact) mass is 393 g/mol. The normalized spacial score (nSPS) is 18.8. The summed E-state index contributed by atoms with van der Waals surface area (Å²) in [6, 6.07) is 13.5. The summed E-state index contributed by atoms with van der Waals surface area (Å²) >= 11 is 0. The van der Waals surface area contributed by atoms with Gasteiger partial charge in [-0.1, -0.05) is 30.3 Å². The highest BCUT2D eigenvalue weighted by Gasteiger charge is 2.49. The summed E-state index contributed by atoms with van der Waals surface area (Å²) in [5.74, 6) is -0.421. The molecular formula is C21H19N3O5. The maximum atomic E-state index is 12.9. The number of methoxy groups -OCH3 is 1. The number of fused-ring (bicyclic) bond motifs is 1. The molecule has 0 bridgehead atoms. The van der Waals surface area contributed by atoms with Crippen molar-refractivity contribution in [2.75, 3.05) is 7.11 Å². The number of amides is 4. The number of carbonyl (C=O) groups excluding carboxylic acids is 3. The van der Waals surface area contributed by atoms with Crippen molar-refractivity contribution in [3.8, 4) is 5.75 Å². The van der Waals surface area contributed by atoms with Crippen molar-refractivity contribution in [3.05, 3.63) is 65.9 Å². The first-order valence-electron chi connectivity index (χ1n) is 8.98. The quantitative estimate of drug-likeness (QED) is 0.649. The number of hydrogen-bond acceptors (Lipinski definition) is 5. The minimum Gasteiger partial charge on any atom is -0.497 e. The number of nitrogens with zero attached hydrogens (tertiary/aromatic N) is 1. The molecule has 0 aliphatic carbocycles. The first-order valence-corrected chi connectivity index (χ1v) is 8.98. The number of imide groups is 1. The molecule has 2 N–H and O–H groups in total. The number of hydrazine groups is 1. The van der Waals surface area contributed by atoms with Gasteiger partial charge in [-0.15, -0.1) is 0 Å². The van der Waals surface area contributed by atoms with Crippen LogP contribution in [0.2, 0.25) is 0 Å². The van der Waals surface area contributed by atoms with Crippen molar-refractivity contribution in [3.63, 3.8) is 0 Å². The lowest BCUT2D eigenvalue weighted by Crippen LogP contribution is -2.48. The molecule has 8 nitrogen and oxygen atoms in total. The van der Waals surface area contributed by atoms with Crippen molar-refractivity contribution in [2.24, 2.45) is 0 Å². The molecule has 1 aromatic heterocycles. The Morgan fingerprint density at radius 3 is 2.69 bits per heavy atom. The smallest absolute Gasteiger partial charge is 0.344 e. The summed E-state index contributed by atoms with van der Waals surface area (Å²) in [5.41, 5.74) is 3.00. The van der Waals surface area contributed by atoms with Crippen LogP contribution in [0, 0.1) is 0 Å². The van der Waals surface area contributed by atoms with E-state index in [0.29, 0.717) is 22.5 Å². The number of hydrogen-bond donors (Lipinski definition) is 2. The van der Waals surface area contributed by atoms with Gasteiger partial charge >= 0.3 is 6.03 Å². The third-order valence-corrected chi connectivity index (χ3v) is 4.99. The van der Waals surface area contributed by atoms with Crippen LogP contribution >= 0.6 is 0 Å². The number of benzene rings is 2. The van der Waals surface area contributed by atoms with E-state index < -0.39 is 23.4 Å². The molecule has 3 aromatic rings. The SMILES string of the molecule is COc1ccc2c(CC(=O)NN3C(=O)N[C@](C)(c4ccccc4)C3=O)coc2c1. The first-order chi connectivity index (χ1) is 13.9. The molecule has 1 fully saturated rings. The molecule has 0 spiro atoms. The Hall–Kier alpha value is -3.81. The number of ether oxygens (including phenoxy) is 1. The molecule has 2 heterocycles. The second kappa shape index (κ2) is 6.97. The topological polar surface area (TPSA) is 101 Å². The predicted octanol–water partition coefficient (Wildman–Crippen LogP) is 2.48. The average molecular weight is 393 g/mol. The van der Waals surface area contributed by atoms with Crippen molar-refractivity contribution >= 4 is 28.8 Å². The van der Waals surface area contributed by atoms with Crippen molar-refractivity contribution in [1.29, 1.82) is 0 Å². The molecule has 4 rings (SSSR count). The molecule has 0 saturated carbocycles. The van der Waals surface area contributed by atoms with Crippen LogP contribution in [0.25, 0.3) is 11.0 Å². The molecule has 0 radical (unpaired) electrons. The minimum atomic E-state index is -1.25. The molecule has 0 unspecified atom stereocenters. The zero-order valence-corrected chi connectivity index (χ0v) is 15.9. The van der Waals surface area contributed by atoms with E-state index in [1.807, 2.05) is 6.07 Å². The maximum absolute atomic E-state index is 12.9. The maximum Gasteiger partial charge on any atom is 0.344 e. The zero-order chi connectivity index (χ0) is 20.6. The molecule has 29 heavy (non-hydrogen) atoms. The van der Waals surface area contributed by atoms with Gasteiger partial charge in [0.1, 0.15) is 16.9 Å². The van der Waals surface area contributed by atoms with Crippen molar-refractivity contribution in [1.82, 2.24) is 15.8 Å². The number of nitrogens with one attached hydrogen (secondary N) is 2. The second-order valence-corrected chi connectivity index (χ2v) is 6.90. The van der Waals surface area contributed by atoms with Crippen LogP contribution < -0.4 is 15.5 Å². The van der Waals surface area contributed by atoms with E-state index in [4.69, 9.17) is 9.15 Å². The summed E-state index contributed by atoms with van der Waals surface area (Å²) in [4.78, 5) is 37.7. The third kappa shape index (κ3) is 3.18. The van der Waals surface area contributed by atoms with E-state index in [9.17, 15) is 14.4 Å².